The molecule has 8 heteroatoms. The monoisotopic (exact) mass is 431 g/mol. The summed E-state index contributed by atoms with van der Waals surface area (Å²) in [5.74, 6) is 0.966. The zero-order chi connectivity index (χ0) is 22.8. The topological polar surface area (TPSA) is 88.2 Å². The van der Waals surface area contributed by atoms with Gasteiger partial charge in [0.25, 0.3) is 5.91 Å². The zero-order valence-corrected chi connectivity index (χ0v) is 19.1. The van der Waals surface area contributed by atoms with Crippen LogP contribution in [0, 0.1) is 11.8 Å². The number of para-hydroxylation sites is 1. The van der Waals surface area contributed by atoms with E-state index >= 15 is 0 Å². The Balaban J connectivity index is 1.72. The summed E-state index contributed by atoms with van der Waals surface area (Å²) >= 11 is 0. The molecule has 0 aromatic heterocycles. The standard InChI is InChI=1S/C23H33N3O5/c1-6-15(2)20(27)25-12-10-17(11-13-25)23(3)21(28)26(22(29)24-23)14-16-8-7-9-18(30-4)19(16)31-5/h7-9,15,17H,6,10-14H2,1-5H3,(H,24,29)/t15-,23-/m1/s1. The molecule has 170 valence electrons. The molecule has 0 unspecified atom stereocenters. The van der Waals surface area contributed by atoms with Crippen LogP contribution in [0.25, 0.3) is 0 Å². The lowest BCUT2D eigenvalue weighted by Crippen LogP contribution is -2.54. The molecule has 3 rings (SSSR count). The Hall–Kier alpha value is -2.77. The molecule has 2 heterocycles. The average molecular weight is 432 g/mol. The van der Waals surface area contributed by atoms with Gasteiger partial charge in [0.2, 0.25) is 5.91 Å². The molecule has 31 heavy (non-hydrogen) atoms. The minimum Gasteiger partial charge on any atom is -0.493 e. The van der Waals surface area contributed by atoms with Gasteiger partial charge < -0.3 is 19.7 Å². The summed E-state index contributed by atoms with van der Waals surface area (Å²) in [7, 11) is 3.08. The van der Waals surface area contributed by atoms with Gasteiger partial charge in [-0.25, -0.2) is 4.79 Å². The number of benzene rings is 1. The van der Waals surface area contributed by atoms with Crippen LogP contribution in [0.1, 0.15) is 45.6 Å². The van der Waals surface area contributed by atoms with Crippen molar-refractivity contribution in [1.82, 2.24) is 15.1 Å². The number of hydrogen-bond donors (Lipinski definition) is 1. The van der Waals surface area contributed by atoms with E-state index in [2.05, 4.69) is 5.32 Å². The third-order valence-corrected chi connectivity index (χ3v) is 6.77. The third-order valence-electron chi connectivity index (χ3n) is 6.77. The number of ether oxygens (including phenoxy) is 2. The van der Waals surface area contributed by atoms with Gasteiger partial charge in [0.05, 0.1) is 20.8 Å². The van der Waals surface area contributed by atoms with Crippen molar-refractivity contribution in [1.29, 1.82) is 0 Å². The van der Waals surface area contributed by atoms with Gasteiger partial charge >= 0.3 is 6.03 Å². The van der Waals surface area contributed by atoms with E-state index in [1.807, 2.05) is 24.8 Å². The highest BCUT2D eigenvalue weighted by molar-refractivity contribution is 6.07. The lowest BCUT2D eigenvalue weighted by atomic mass is 9.78. The lowest BCUT2D eigenvalue weighted by molar-refractivity contribution is -0.138. The highest BCUT2D eigenvalue weighted by atomic mass is 16.5. The highest BCUT2D eigenvalue weighted by Gasteiger charge is 2.53. The molecule has 0 saturated carbocycles. The Bertz CT molecular complexity index is 850. The minimum atomic E-state index is -0.977. The second-order valence-electron chi connectivity index (χ2n) is 8.59. The number of carbonyl (C=O) groups is 3. The number of amides is 4. The molecule has 0 radical (unpaired) electrons. The summed E-state index contributed by atoms with van der Waals surface area (Å²) in [6.45, 7) is 7.07. The van der Waals surface area contributed by atoms with Crippen molar-refractivity contribution in [2.75, 3.05) is 27.3 Å². The van der Waals surface area contributed by atoms with Gasteiger partial charge in [-0.05, 0) is 38.2 Å². The van der Waals surface area contributed by atoms with Crippen molar-refractivity contribution in [3.63, 3.8) is 0 Å². The molecule has 0 spiro atoms. The Kier molecular flexibility index (Phi) is 6.77. The van der Waals surface area contributed by atoms with Crippen LogP contribution in [0.5, 0.6) is 11.5 Å². The van der Waals surface area contributed by atoms with E-state index in [9.17, 15) is 14.4 Å². The summed E-state index contributed by atoms with van der Waals surface area (Å²) in [5.41, 5.74) is -0.280. The molecular formula is C23H33N3O5. The molecule has 2 saturated heterocycles. The third kappa shape index (κ3) is 4.20. The molecule has 2 aliphatic heterocycles. The normalized spacial score (nSPS) is 23.0. The summed E-state index contributed by atoms with van der Waals surface area (Å²) < 4.78 is 10.8. The quantitative estimate of drug-likeness (QED) is 0.671. The van der Waals surface area contributed by atoms with Crippen LogP contribution < -0.4 is 14.8 Å². The van der Waals surface area contributed by atoms with E-state index in [0.717, 1.165) is 6.42 Å². The zero-order valence-electron chi connectivity index (χ0n) is 19.1. The van der Waals surface area contributed by atoms with Crippen LogP contribution in [0.3, 0.4) is 0 Å². The smallest absolute Gasteiger partial charge is 0.325 e. The number of methoxy groups -OCH3 is 2. The van der Waals surface area contributed by atoms with Crippen LogP contribution >= 0.6 is 0 Å². The number of carbonyl (C=O) groups excluding carboxylic acids is 3. The molecule has 2 atom stereocenters. The first-order valence-corrected chi connectivity index (χ1v) is 10.9. The maximum absolute atomic E-state index is 13.4. The van der Waals surface area contributed by atoms with Crippen LogP contribution in [0.4, 0.5) is 4.79 Å². The average Bonchev–Trinajstić information content (AvgIpc) is 3.01. The molecule has 1 aromatic carbocycles. The summed E-state index contributed by atoms with van der Waals surface area (Å²) in [6.07, 6.45) is 2.18. The Labute approximate surface area is 183 Å². The van der Waals surface area contributed by atoms with Crippen molar-refractivity contribution in [2.24, 2.45) is 11.8 Å². The Morgan fingerprint density at radius 3 is 2.48 bits per heavy atom. The number of hydrogen-bond acceptors (Lipinski definition) is 5. The molecule has 0 aliphatic carbocycles. The maximum Gasteiger partial charge on any atom is 0.325 e. The molecule has 4 amide bonds. The maximum atomic E-state index is 13.4. The molecule has 1 aromatic rings. The molecule has 1 N–H and O–H groups in total. The second kappa shape index (κ2) is 9.16. The molecule has 2 fully saturated rings. The fraction of sp³-hybridized carbons (Fsp3) is 0.609. The van der Waals surface area contributed by atoms with E-state index < -0.39 is 11.6 Å². The number of piperidine rings is 1. The first kappa shape index (κ1) is 22.9. The van der Waals surface area contributed by atoms with Crippen molar-refractivity contribution in [3.8, 4) is 11.5 Å². The Morgan fingerprint density at radius 2 is 1.90 bits per heavy atom. The van der Waals surface area contributed by atoms with Crippen LogP contribution in [-0.2, 0) is 16.1 Å². The summed E-state index contributed by atoms with van der Waals surface area (Å²) in [4.78, 5) is 41.7. The van der Waals surface area contributed by atoms with E-state index in [1.54, 1.807) is 26.2 Å². The van der Waals surface area contributed by atoms with Gasteiger partial charge in [-0.1, -0.05) is 26.0 Å². The number of imide groups is 1. The largest absolute Gasteiger partial charge is 0.493 e. The Morgan fingerprint density at radius 1 is 1.23 bits per heavy atom. The van der Waals surface area contributed by atoms with Crippen LogP contribution in [-0.4, -0.2) is 60.5 Å². The van der Waals surface area contributed by atoms with Gasteiger partial charge in [0, 0.05) is 24.6 Å². The summed E-state index contributed by atoms with van der Waals surface area (Å²) in [6, 6.07) is 4.98. The number of rotatable bonds is 7. The summed E-state index contributed by atoms with van der Waals surface area (Å²) in [5, 5.41) is 2.93. The highest BCUT2D eigenvalue weighted by Crippen LogP contribution is 2.36. The van der Waals surface area contributed by atoms with Crippen molar-refractivity contribution >= 4 is 17.8 Å². The second-order valence-corrected chi connectivity index (χ2v) is 8.59. The van der Waals surface area contributed by atoms with E-state index in [-0.39, 0.29) is 30.2 Å². The van der Waals surface area contributed by atoms with Crippen LogP contribution in [0.2, 0.25) is 0 Å². The van der Waals surface area contributed by atoms with Gasteiger partial charge in [-0.2, -0.15) is 0 Å². The fourth-order valence-corrected chi connectivity index (χ4v) is 4.55. The van der Waals surface area contributed by atoms with Gasteiger partial charge in [0.15, 0.2) is 11.5 Å². The number of nitrogens with one attached hydrogen (secondary N) is 1. The number of nitrogens with zero attached hydrogens (tertiary/aromatic N) is 2. The van der Waals surface area contributed by atoms with E-state index in [1.165, 1.54) is 12.0 Å². The first-order chi connectivity index (χ1) is 14.8. The fourth-order valence-electron chi connectivity index (χ4n) is 4.55. The molecule has 2 aliphatic rings. The number of likely N-dealkylation sites (tertiary alicyclic amines) is 1. The van der Waals surface area contributed by atoms with Crippen molar-refractivity contribution in [2.45, 2.75) is 52.1 Å². The van der Waals surface area contributed by atoms with Crippen molar-refractivity contribution < 1.29 is 23.9 Å². The molecule has 0 bridgehead atoms. The lowest BCUT2D eigenvalue weighted by Gasteiger charge is -2.39. The number of urea groups is 1. The van der Waals surface area contributed by atoms with E-state index in [4.69, 9.17) is 9.47 Å². The van der Waals surface area contributed by atoms with Gasteiger partial charge in [-0.15, -0.1) is 0 Å². The first-order valence-electron chi connectivity index (χ1n) is 10.9. The van der Waals surface area contributed by atoms with E-state index in [0.29, 0.717) is 43.0 Å². The van der Waals surface area contributed by atoms with Crippen LogP contribution in [0.15, 0.2) is 18.2 Å². The van der Waals surface area contributed by atoms with Gasteiger partial charge in [-0.3, -0.25) is 14.5 Å². The SMILES string of the molecule is CC[C@@H](C)C(=O)N1CCC([C@@]2(C)NC(=O)N(Cc3cccc(OC)c3OC)C2=O)CC1. The predicted octanol–water partition coefficient (Wildman–Crippen LogP) is 2.80. The van der Waals surface area contributed by atoms with Crippen molar-refractivity contribution in [3.05, 3.63) is 23.8 Å². The predicted molar refractivity (Wildman–Crippen MR) is 116 cm³/mol. The van der Waals surface area contributed by atoms with Gasteiger partial charge in [0.1, 0.15) is 5.54 Å². The minimum absolute atomic E-state index is 0.00767. The molecular weight excluding hydrogens is 398 g/mol. The molecule has 8 nitrogen and oxygen atoms in total.